The van der Waals surface area contributed by atoms with E-state index in [0.717, 1.165) is 25.0 Å². The van der Waals surface area contributed by atoms with Crippen LogP contribution in [0.5, 0.6) is 0 Å². The molecule has 2 bridgehead atoms. The van der Waals surface area contributed by atoms with Crippen LogP contribution >= 0.6 is 18.5 Å². The van der Waals surface area contributed by atoms with E-state index in [1.54, 1.807) is 0 Å². The van der Waals surface area contributed by atoms with Crippen molar-refractivity contribution in [3.05, 3.63) is 0 Å². The Labute approximate surface area is 111 Å². The number of hydrogen-bond acceptors (Lipinski definition) is 6. The van der Waals surface area contributed by atoms with Gasteiger partial charge in [-0.3, -0.25) is 4.79 Å². The molecule has 4 nitrogen and oxygen atoms in total. The summed E-state index contributed by atoms with van der Waals surface area (Å²) in [7, 11) is 0. The lowest BCUT2D eigenvalue weighted by molar-refractivity contribution is -0.137. The van der Waals surface area contributed by atoms with Crippen molar-refractivity contribution in [2.75, 3.05) is 25.6 Å². The van der Waals surface area contributed by atoms with Crippen molar-refractivity contribution in [3.63, 3.8) is 0 Å². The summed E-state index contributed by atoms with van der Waals surface area (Å²) in [6.45, 7) is 0.768. The quantitative estimate of drug-likeness (QED) is 0.574. The van der Waals surface area contributed by atoms with Gasteiger partial charge in [-0.25, -0.2) is 0 Å². The molecule has 0 atom stereocenters. The molecule has 3 saturated heterocycles. The van der Waals surface area contributed by atoms with Gasteiger partial charge in [0.25, 0.3) is 0 Å². The standard InChI is InChI=1S/C10H17O4PS2/c1-2-3-4-5-17-9(11)10-6-12-15(16,13-7-10)14-8-10/h2-8H2,1H3. The van der Waals surface area contributed by atoms with E-state index in [9.17, 15) is 4.79 Å². The normalized spacial score (nSPS) is 36.1. The lowest BCUT2D eigenvalue weighted by Gasteiger charge is -2.44. The molecule has 3 aliphatic heterocycles. The number of thioether (sulfide) groups is 1. The Morgan fingerprint density at radius 3 is 2.41 bits per heavy atom. The van der Waals surface area contributed by atoms with Gasteiger partial charge in [0.15, 0.2) is 0 Å². The fraction of sp³-hybridized carbons (Fsp3) is 0.900. The van der Waals surface area contributed by atoms with Crippen LogP contribution in [0.15, 0.2) is 0 Å². The third-order valence-electron chi connectivity index (χ3n) is 2.91. The van der Waals surface area contributed by atoms with Gasteiger partial charge in [0, 0.05) is 5.75 Å². The number of fused-ring (bicyclic) bond motifs is 3. The number of carbonyl (C=O) groups excluding carboxylic acids is 1. The molecule has 0 aromatic heterocycles. The molecule has 0 radical (unpaired) electrons. The minimum Gasteiger partial charge on any atom is -0.307 e. The van der Waals surface area contributed by atoms with E-state index >= 15 is 0 Å². The minimum absolute atomic E-state index is 0.120. The molecule has 0 aromatic rings. The van der Waals surface area contributed by atoms with Crippen LogP contribution in [-0.4, -0.2) is 30.7 Å². The molecule has 3 fully saturated rings. The van der Waals surface area contributed by atoms with E-state index in [4.69, 9.17) is 25.4 Å². The average molecular weight is 296 g/mol. The summed E-state index contributed by atoms with van der Waals surface area (Å²) in [5.74, 6) is 0.864. The van der Waals surface area contributed by atoms with Crippen LogP contribution in [0, 0.1) is 5.41 Å². The largest absolute Gasteiger partial charge is 0.327 e. The van der Waals surface area contributed by atoms with Gasteiger partial charge in [-0.2, -0.15) is 0 Å². The zero-order valence-electron chi connectivity index (χ0n) is 9.85. The van der Waals surface area contributed by atoms with Gasteiger partial charge in [-0.15, -0.1) is 0 Å². The molecule has 0 N–H and O–H groups in total. The smallest absolute Gasteiger partial charge is 0.307 e. The highest BCUT2D eigenvalue weighted by atomic mass is 32.5. The number of rotatable bonds is 5. The third-order valence-corrected chi connectivity index (χ3v) is 6.38. The lowest BCUT2D eigenvalue weighted by atomic mass is 9.93. The second kappa shape index (κ2) is 5.68. The minimum atomic E-state index is -2.48. The highest BCUT2D eigenvalue weighted by molar-refractivity contribution is 8.13. The Morgan fingerprint density at radius 1 is 1.29 bits per heavy atom. The summed E-state index contributed by atoms with van der Waals surface area (Å²) in [4.78, 5) is 12.1. The first-order valence-electron chi connectivity index (χ1n) is 5.81. The average Bonchev–Trinajstić information content (AvgIpc) is 2.36. The molecule has 7 heteroatoms. The van der Waals surface area contributed by atoms with Crippen molar-refractivity contribution >= 4 is 35.4 Å². The van der Waals surface area contributed by atoms with Crippen LogP contribution < -0.4 is 0 Å². The van der Waals surface area contributed by atoms with E-state index in [-0.39, 0.29) is 5.12 Å². The SMILES string of the molecule is CCCCCSC(=O)C12COP(=S)(OC1)OC2. The highest BCUT2D eigenvalue weighted by Crippen LogP contribution is 2.61. The van der Waals surface area contributed by atoms with Gasteiger partial charge >= 0.3 is 6.72 Å². The number of unbranched alkanes of at least 4 members (excludes halogenated alkanes) is 2. The summed E-state index contributed by atoms with van der Waals surface area (Å²) >= 11 is 6.45. The first-order chi connectivity index (χ1) is 8.10. The van der Waals surface area contributed by atoms with Gasteiger partial charge in [-0.05, 0) is 18.2 Å². The van der Waals surface area contributed by atoms with Crippen LogP contribution in [0.4, 0.5) is 0 Å². The highest BCUT2D eigenvalue weighted by Gasteiger charge is 2.52. The van der Waals surface area contributed by atoms with Gasteiger partial charge in [-0.1, -0.05) is 31.5 Å². The number of carbonyl (C=O) groups is 1. The van der Waals surface area contributed by atoms with Crippen LogP contribution in [0.2, 0.25) is 0 Å². The van der Waals surface area contributed by atoms with Crippen molar-refractivity contribution in [1.82, 2.24) is 0 Å². The van der Waals surface area contributed by atoms with Crippen LogP contribution in [-0.2, 0) is 30.2 Å². The molecule has 3 aliphatic rings. The summed E-state index contributed by atoms with van der Waals surface area (Å²) < 4.78 is 16.1. The van der Waals surface area contributed by atoms with Crippen LogP contribution in [0.25, 0.3) is 0 Å². The predicted molar refractivity (Wildman–Crippen MR) is 71.6 cm³/mol. The third kappa shape index (κ3) is 3.11. The van der Waals surface area contributed by atoms with Gasteiger partial charge in [0.1, 0.15) is 5.41 Å². The molecule has 0 spiro atoms. The van der Waals surface area contributed by atoms with Crippen molar-refractivity contribution in [2.45, 2.75) is 26.2 Å². The van der Waals surface area contributed by atoms with Crippen molar-refractivity contribution < 1.29 is 18.4 Å². The first-order valence-corrected chi connectivity index (χ1v) is 9.35. The van der Waals surface area contributed by atoms with Crippen molar-refractivity contribution in [2.24, 2.45) is 5.41 Å². The van der Waals surface area contributed by atoms with E-state index in [2.05, 4.69) is 6.92 Å². The van der Waals surface area contributed by atoms with E-state index in [1.807, 2.05) is 0 Å². The maximum absolute atomic E-state index is 12.1. The Hall–Kier alpha value is 0.550. The maximum atomic E-state index is 12.1. The Balaban J connectivity index is 1.85. The summed E-state index contributed by atoms with van der Waals surface area (Å²) in [5.41, 5.74) is -0.614. The molecule has 98 valence electrons. The second-order valence-electron chi connectivity index (χ2n) is 4.39. The fourth-order valence-electron chi connectivity index (χ4n) is 1.69. The Morgan fingerprint density at radius 2 is 1.88 bits per heavy atom. The molecule has 3 rings (SSSR count). The Kier molecular flexibility index (Phi) is 4.67. The van der Waals surface area contributed by atoms with Crippen molar-refractivity contribution in [1.29, 1.82) is 0 Å². The van der Waals surface area contributed by atoms with E-state index in [1.165, 1.54) is 11.8 Å². The topological polar surface area (TPSA) is 44.8 Å². The van der Waals surface area contributed by atoms with Crippen LogP contribution in [0.3, 0.4) is 0 Å². The Bertz CT molecular complexity index is 316. The molecule has 0 unspecified atom stereocenters. The maximum Gasteiger partial charge on any atom is 0.327 e. The summed E-state index contributed by atoms with van der Waals surface area (Å²) in [6, 6.07) is 0. The number of hydrogen-bond donors (Lipinski definition) is 0. The molecular weight excluding hydrogens is 279 g/mol. The zero-order chi connectivity index (χ0) is 12.4. The fourth-order valence-corrected chi connectivity index (χ4v) is 4.62. The van der Waals surface area contributed by atoms with E-state index in [0.29, 0.717) is 19.8 Å². The van der Waals surface area contributed by atoms with Gasteiger partial charge < -0.3 is 13.6 Å². The van der Waals surface area contributed by atoms with Crippen molar-refractivity contribution in [3.8, 4) is 0 Å². The summed E-state index contributed by atoms with van der Waals surface area (Å²) in [6.07, 6.45) is 3.40. The van der Waals surface area contributed by atoms with Gasteiger partial charge in [0.05, 0.1) is 19.8 Å². The van der Waals surface area contributed by atoms with E-state index < -0.39 is 12.1 Å². The second-order valence-corrected chi connectivity index (χ2v) is 8.47. The monoisotopic (exact) mass is 296 g/mol. The zero-order valence-corrected chi connectivity index (χ0v) is 12.4. The molecular formula is C10H17O4PS2. The first kappa shape index (κ1) is 14.0. The lowest BCUT2D eigenvalue weighted by Crippen LogP contribution is -2.49. The summed E-state index contributed by atoms with van der Waals surface area (Å²) in [5, 5.41) is 0.120. The molecule has 3 heterocycles. The molecule has 17 heavy (non-hydrogen) atoms. The predicted octanol–water partition coefficient (Wildman–Crippen LogP) is 2.72. The molecule has 0 aromatic carbocycles. The van der Waals surface area contributed by atoms with Crippen LogP contribution in [0.1, 0.15) is 26.2 Å². The molecule has 0 aliphatic carbocycles. The van der Waals surface area contributed by atoms with Gasteiger partial charge in [0.2, 0.25) is 5.12 Å². The molecule has 0 amide bonds. The molecule has 0 saturated carbocycles.